The summed E-state index contributed by atoms with van der Waals surface area (Å²) in [6, 6.07) is 0. The van der Waals surface area contributed by atoms with Crippen molar-refractivity contribution in [3.8, 4) is 0 Å². The Hall–Kier alpha value is -1.37. The van der Waals surface area contributed by atoms with Gasteiger partial charge in [-0.05, 0) is 22.4 Å². The van der Waals surface area contributed by atoms with Gasteiger partial charge in [0.1, 0.15) is 0 Å². The second kappa shape index (κ2) is 5.09. The molecule has 0 amide bonds. The van der Waals surface area contributed by atoms with Crippen LogP contribution in [0.1, 0.15) is 26.2 Å². The van der Waals surface area contributed by atoms with Crippen LogP contribution >= 0.6 is 15.9 Å². The monoisotopic (exact) mass is 314 g/mol. The zero-order valence-corrected chi connectivity index (χ0v) is 12.0. The molecular formula is C11H15BrN4O2. The highest BCUT2D eigenvalue weighted by Gasteiger charge is 2.15. The first kappa shape index (κ1) is 13.1. The van der Waals surface area contributed by atoms with E-state index in [2.05, 4.69) is 32.8 Å². The van der Waals surface area contributed by atoms with E-state index in [1.54, 1.807) is 7.05 Å². The van der Waals surface area contributed by atoms with E-state index in [9.17, 15) is 9.59 Å². The van der Waals surface area contributed by atoms with Gasteiger partial charge in [-0.25, -0.2) is 9.78 Å². The van der Waals surface area contributed by atoms with Gasteiger partial charge in [0.05, 0.1) is 0 Å². The summed E-state index contributed by atoms with van der Waals surface area (Å²) in [5.74, 6) is 0. The number of hydrogen-bond donors (Lipinski definition) is 1. The molecule has 0 saturated carbocycles. The van der Waals surface area contributed by atoms with Gasteiger partial charge in [-0.3, -0.25) is 14.3 Å². The summed E-state index contributed by atoms with van der Waals surface area (Å²) in [4.78, 5) is 29.9. The van der Waals surface area contributed by atoms with E-state index in [1.165, 1.54) is 4.57 Å². The molecule has 0 aliphatic carbocycles. The molecule has 2 rings (SSSR count). The van der Waals surface area contributed by atoms with Crippen LogP contribution in [0.3, 0.4) is 0 Å². The number of rotatable bonds is 4. The molecule has 18 heavy (non-hydrogen) atoms. The Bertz CT molecular complexity index is 683. The van der Waals surface area contributed by atoms with Crippen LogP contribution in [0, 0.1) is 0 Å². The zero-order valence-electron chi connectivity index (χ0n) is 10.4. The minimum absolute atomic E-state index is 0.386. The van der Waals surface area contributed by atoms with Crippen molar-refractivity contribution < 1.29 is 0 Å². The molecule has 2 heterocycles. The van der Waals surface area contributed by atoms with Crippen molar-refractivity contribution in [2.45, 2.75) is 32.7 Å². The SMILES string of the molecule is CCCCCn1c(Br)nc2c1c(=O)[nH]c(=O)n2C. The lowest BCUT2D eigenvalue weighted by Gasteiger charge is -2.04. The molecule has 0 aliphatic rings. The third-order valence-electron chi connectivity index (χ3n) is 2.95. The van der Waals surface area contributed by atoms with Crippen LogP contribution in [0.5, 0.6) is 0 Å². The second-order valence-corrected chi connectivity index (χ2v) is 4.94. The van der Waals surface area contributed by atoms with Crippen LogP contribution in [0.2, 0.25) is 0 Å². The molecule has 2 aromatic rings. The first-order valence-electron chi connectivity index (χ1n) is 5.91. The van der Waals surface area contributed by atoms with E-state index in [-0.39, 0.29) is 5.56 Å². The fourth-order valence-electron chi connectivity index (χ4n) is 1.93. The summed E-state index contributed by atoms with van der Waals surface area (Å²) in [5, 5.41) is 0. The minimum atomic E-state index is -0.446. The zero-order chi connectivity index (χ0) is 13.3. The average molecular weight is 315 g/mol. The number of H-pyrrole nitrogens is 1. The number of fused-ring (bicyclic) bond motifs is 1. The van der Waals surface area contributed by atoms with E-state index < -0.39 is 5.69 Å². The van der Waals surface area contributed by atoms with Crippen LogP contribution in [0.4, 0.5) is 0 Å². The normalized spacial score (nSPS) is 11.3. The molecule has 0 bridgehead atoms. The van der Waals surface area contributed by atoms with Gasteiger partial charge in [0.2, 0.25) is 0 Å². The van der Waals surface area contributed by atoms with E-state index in [4.69, 9.17) is 0 Å². The number of halogens is 1. The van der Waals surface area contributed by atoms with Crippen LogP contribution in [0.15, 0.2) is 14.3 Å². The number of nitrogens with one attached hydrogen (secondary N) is 1. The molecule has 98 valence electrons. The van der Waals surface area contributed by atoms with Gasteiger partial charge in [0.25, 0.3) is 5.56 Å². The Kier molecular flexibility index (Phi) is 3.70. The summed E-state index contributed by atoms with van der Waals surface area (Å²) < 4.78 is 3.74. The van der Waals surface area contributed by atoms with Crippen molar-refractivity contribution in [1.29, 1.82) is 0 Å². The molecule has 0 unspecified atom stereocenters. The predicted octanol–water partition coefficient (Wildman–Crippen LogP) is 1.38. The smallest absolute Gasteiger partial charge is 0.313 e. The van der Waals surface area contributed by atoms with Gasteiger partial charge < -0.3 is 4.57 Å². The highest BCUT2D eigenvalue weighted by atomic mass is 79.9. The maximum absolute atomic E-state index is 11.9. The Morgan fingerprint density at radius 2 is 2.06 bits per heavy atom. The van der Waals surface area contributed by atoms with Gasteiger partial charge in [0.15, 0.2) is 15.9 Å². The summed E-state index contributed by atoms with van der Waals surface area (Å²) in [5.41, 5.74) is 0.0215. The number of imidazole rings is 1. The Morgan fingerprint density at radius 1 is 1.33 bits per heavy atom. The van der Waals surface area contributed by atoms with Crippen molar-refractivity contribution in [1.82, 2.24) is 19.1 Å². The summed E-state index contributed by atoms with van der Waals surface area (Å²) in [6.45, 7) is 2.84. The van der Waals surface area contributed by atoms with Crippen LogP contribution in [-0.2, 0) is 13.6 Å². The number of aryl methyl sites for hydroxylation is 2. The van der Waals surface area contributed by atoms with Crippen LogP contribution in [-0.4, -0.2) is 19.1 Å². The van der Waals surface area contributed by atoms with Gasteiger partial charge in [-0.1, -0.05) is 19.8 Å². The molecule has 6 nitrogen and oxygen atoms in total. The number of nitrogens with zero attached hydrogens (tertiary/aromatic N) is 3. The quantitative estimate of drug-likeness (QED) is 0.684. The third kappa shape index (κ3) is 2.14. The fraction of sp³-hybridized carbons (Fsp3) is 0.545. The molecular weight excluding hydrogens is 300 g/mol. The van der Waals surface area contributed by atoms with Crippen molar-refractivity contribution >= 4 is 27.1 Å². The van der Waals surface area contributed by atoms with E-state index in [0.29, 0.717) is 22.4 Å². The van der Waals surface area contributed by atoms with Gasteiger partial charge in [-0.15, -0.1) is 0 Å². The first-order valence-corrected chi connectivity index (χ1v) is 6.70. The molecule has 0 fully saturated rings. The molecule has 0 spiro atoms. The Labute approximate surface area is 112 Å². The predicted molar refractivity (Wildman–Crippen MR) is 72.8 cm³/mol. The van der Waals surface area contributed by atoms with E-state index in [1.807, 2.05) is 4.57 Å². The summed E-state index contributed by atoms with van der Waals surface area (Å²) in [6.07, 6.45) is 3.18. The lowest BCUT2D eigenvalue weighted by atomic mass is 10.2. The largest absolute Gasteiger partial charge is 0.329 e. The van der Waals surface area contributed by atoms with E-state index in [0.717, 1.165) is 19.3 Å². The summed E-state index contributed by atoms with van der Waals surface area (Å²) >= 11 is 3.34. The molecule has 0 saturated heterocycles. The lowest BCUT2D eigenvalue weighted by Crippen LogP contribution is -2.29. The van der Waals surface area contributed by atoms with Crippen molar-refractivity contribution in [2.24, 2.45) is 7.05 Å². The standard InChI is InChI=1S/C11H15BrN4O2/c1-3-4-5-6-16-7-8(13-10(16)12)15(2)11(18)14-9(7)17/h3-6H2,1-2H3,(H,14,17,18). The number of unbranched alkanes of at least 4 members (excludes halogenated alkanes) is 2. The molecule has 2 aromatic heterocycles. The number of aromatic nitrogens is 4. The summed E-state index contributed by atoms with van der Waals surface area (Å²) in [7, 11) is 1.59. The molecule has 0 atom stereocenters. The Balaban J connectivity index is 2.60. The van der Waals surface area contributed by atoms with Crippen LogP contribution in [0.25, 0.3) is 11.2 Å². The van der Waals surface area contributed by atoms with Crippen molar-refractivity contribution in [3.63, 3.8) is 0 Å². The number of hydrogen-bond acceptors (Lipinski definition) is 3. The number of aromatic amines is 1. The lowest BCUT2D eigenvalue weighted by molar-refractivity contribution is 0.603. The van der Waals surface area contributed by atoms with Gasteiger partial charge in [0, 0.05) is 13.6 Å². The van der Waals surface area contributed by atoms with Gasteiger partial charge in [-0.2, -0.15) is 0 Å². The Morgan fingerprint density at radius 3 is 2.72 bits per heavy atom. The first-order chi connectivity index (χ1) is 8.56. The third-order valence-corrected chi connectivity index (χ3v) is 3.55. The fourth-order valence-corrected chi connectivity index (χ4v) is 2.45. The topological polar surface area (TPSA) is 72.7 Å². The minimum Gasteiger partial charge on any atom is -0.313 e. The second-order valence-electron chi connectivity index (χ2n) is 4.23. The average Bonchev–Trinajstić information content (AvgIpc) is 2.65. The highest BCUT2D eigenvalue weighted by Crippen LogP contribution is 2.16. The van der Waals surface area contributed by atoms with E-state index >= 15 is 0 Å². The molecule has 0 radical (unpaired) electrons. The molecule has 0 aliphatic heterocycles. The van der Waals surface area contributed by atoms with Gasteiger partial charge >= 0.3 is 5.69 Å². The maximum Gasteiger partial charge on any atom is 0.329 e. The maximum atomic E-state index is 11.9. The van der Waals surface area contributed by atoms with Crippen LogP contribution < -0.4 is 11.2 Å². The molecule has 7 heteroatoms. The van der Waals surface area contributed by atoms with Crippen molar-refractivity contribution in [2.75, 3.05) is 0 Å². The molecule has 1 N–H and O–H groups in total. The highest BCUT2D eigenvalue weighted by molar-refractivity contribution is 9.10. The molecule has 0 aromatic carbocycles. The van der Waals surface area contributed by atoms with Crippen molar-refractivity contribution in [3.05, 3.63) is 25.6 Å².